The van der Waals surface area contributed by atoms with Gasteiger partial charge in [-0.3, -0.25) is 4.79 Å². The number of hydrogen-bond donors (Lipinski definition) is 0. The fraction of sp³-hybridized carbons (Fsp3) is 0.133. The molecule has 0 bridgehead atoms. The minimum Gasteiger partial charge on any atom is -0.485 e. The van der Waals surface area contributed by atoms with Gasteiger partial charge in [0.15, 0.2) is 6.61 Å². The van der Waals surface area contributed by atoms with Crippen LogP contribution < -0.4 is 4.74 Å². The predicted molar refractivity (Wildman–Crippen MR) is 67.7 cm³/mol. The van der Waals surface area contributed by atoms with E-state index >= 15 is 0 Å². The first-order valence-corrected chi connectivity index (χ1v) is 5.96. The van der Waals surface area contributed by atoms with Gasteiger partial charge in [-0.05, 0) is 30.3 Å². The molecule has 0 aliphatic rings. The van der Waals surface area contributed by atoms with Gasteiger partial charge in [-0.1, -0.05) is 18.2 Å². The summed E-state index contributed by atoms with van der Waals surface area (Å²) in [7, 11) is 0. The number of carbonyl (C=O) groups excluding carboxylic acids is 1. The minimum atomic E-state index is -4.81. The molecule has 0 aromatic heterocycles. The summed E-state index contributed by atoms with van der Waals surface area (Å²) in [5.41, 5.74) is -1.91. The van der Waals surface area contributed by atoms with Gasteiger partial charge in [-0.15, -0.1) is 0 Å². The summed E-state index contributed by atoms with van der Waals surface area (Å²) in [6.07, 6.45) is -4.81. The molecule has 0 atom stereocenters. The second-order valence-corrected chi connectivity index (χ2v) is 4.21. The normalized spacial score (nSPS) is 11.2. The van der Waals surface area contributed by atoms with Crippen molar-refractivity contribution >= 4 is 5.78 Å². The molecule has 2 rings (SSSR count). The highest BCUT2D eigenvalue weighted by atomic mass is 19.4. The number of para-hydroxylation sites is 1. The summed E-state index contributed by atoms with van der Waals surface area (Å²) in [4.78, 5) is 11.8. The van der Waals surface area contributed by atoms with E-state index in [1.807, 2.05) is 0 Å². The van der Waals surface area contributed by atoms with Crippen LogP contribution in [-0.2, 0) is 6.18 Å². The number of ketones is 1. The number of Topliss-reactive ketones (excluding diaryl/α,β-unsaturated/α-hetero) is 1. The topological polar surface area (TPSA) is 26.3 Å². The Hall–Kier alpha value is -2.37. The third-order valence-electron chi connectivity index (χ3n) is 2.70. The summed E-state index contributed by atoms with van der Waals surface area (Å²) in [6.45, 7) is -0.557. The molecule has 2 aromatic carbocycles. The number of carbonyl (C=O) groups is 1. The Morgan fingerprint density at radius 2 is 1.71 bits per heavy atom. The van der Waals surface area contributed by atoms with Crippen molar-refractivity contribution in [1.29, 1.82) is 0 Å². The fourth-order valence-electron chi connectivity index (χ4n) is 1.74. The van der Waals surface area contributed by atoms with Crippen LogP contribution in [0.25, 0.3) is 0 Å². The smallest absolute Gasteiger partial charge is 0.417 e. The van der Waals surface area contributed by atoms with E-state index in [9.17, 15) is 22.4 Å². The first kappa shape index (κ1) is 15.0. The number of hydrogen-bond acceptors (Lipinski definition) is 2. The highest BCUT2D eigenvalue weighted by Crippen LogP contribution is 2.32. The Kier molecular flexibility index (Phi) is 4.26. The second-order valence-electron chi connectivity index (χ2n) is 4.21. The number of benzene rings is 2. The lowest BCUT2D eigenvalue weighted by atomic mass is 10.0. The Labute approximate surface area is 118 Å². The van der Waals surface area contributed by atoms with E-state index in [1.54, 1.807) is 30.3 Å². The molecule has 0 saturated carbocycles. The molecule has 21 heavy (non-hydrogen) atoms. The van der Waals surface area contributed by atoms with Crippen molar-refractivity contribution in [3.8, 4) is 5.75 Å². The highest BCUT2D eigenvalue weighted by molar-refractivity contribution is 5.98. The van der Waals surface area contributed by atoms with Gasteiger partial charge in [0.05, 0.1) is 5.56 Å². The molecular weight excluding hydrogens is 288 g/mol. The summed E-state index contributed by atoms with van der Waals surface area (Å²) in [6, 6.07) is 10.1. The molecule has 2 nitrogen and oxygen atoms in total. The molecule has 0 radical (unpaired) electrons. The van der Waals surface area contributed by atoms with E-state index in [1.165, 1.54) is 0 Å². The number of alkyl halides is 3. The second kappa shape index (κ2) is 5.95. The SMILES string of the molecule is O=C(COc1ccccc1)c1ccc(F)cc1C(F)(F)F. The van der Waals surface area contributed by atoms with Gasteiger partial charge in [0, 0.05) is 5.56 Å². The average Bonchev–Trinajstić information content (AvgIpc) is 2.45. The Balaban J connectivity index is 2.20. The van der Waals surface area contributed by atoms with Crippen molar-refractivity contribution in [2.75, 3.05) is 6.61 Å². The number of halogens is 4. The summed E-state index contributed by atoms with van der Waals surface area (Å²) < 4.78 is 56.4. The Morgan fingerprint density at radius 3 is 2.33 bits per heavy atom. The highest BCUT2D eigenvalue weighted by Gasteiger charge is 2.35. The minimum absolute atomic E-state index is 0.301. The Bertz CT molecular complexity index is 636. The molecule has 0 amide bonds. The molecule has 0 aliphatic heterocycles. The third-order valence-corrected chi connectivity index (χ3v) is 2.70. The molecule has 0 fully saturated rings. The maximum atomic E-state index is 12.9. The van der Waals surface area contributed by atoms with Crippen molar-refractivity contribution in [1.82, 2.24) is 0 Å². The van der Waals surface area contributed by atoms with E-state index < -0.39 is 35.5 Å². The Morgan fingerprint density at radius 1 is 1.05 bits per heavy atom. The first-order chi connectivity index (χ1) is 9.88. The number of ether oxygens (including phenoxy) is 1. The van der Waals surface area contributed by atoms with E-state index in [4.69, 9.17) is 4.74 Å². The molecular formula is C15H10F4O2. The molecule has 0 unspecified atom stereocenters. The largest absolute Gasteiger partial charge is 0.485 e. The van der Waals surface area contributed by atoms with Crippen molar-refractivity contribution < 1.29 is 27.1 Å². The molecule has 0 heterocycles. The molecule has 0 N–H and O–H groups in total. The standard InChI is InChI=1S/C15H10F4O2/c16-10-6-7-12(13(8-10)15(17,18)19)14(20)9-21-11-4-2-1-3-5-11/h1-8H,9H2. The molecule has 0 saturated heterocycles. The van der Waals surface area contributed by atoms with E-state index in [0.29, 0.717) is 11.8 Å². The van der Waals surface area contributed by atoms with Gasteiger partial charge in [0.25, 0.3) is 0 Å². The molecule has 2 aromatic rings. The molecule has 110 valence electrons. The van der Waals surface area contributed by atoms with Crippen LogP contribution in [0.4, 0.5) is 17.6 Å². The number of rotatable bonds is 4. The summed E-state index contributed by atoms with van der Waals surface area (Å²) in [5.74, 6) is -1.56. The van der Waals surface area contributed by atoms with Crippen LogP contribution in [0.1, 0.15) is 15.9 Å². The molecule has 0 spiro atoms. The van der Waals surface area contributed by atoms with Crippen LogP contribution in [0.3, 0.4) is 0 Å². The zero-order chi connectivity index (χ0) is 15.5. The maximum absolute atomic E-state index is 12.9. The summed E-state index contributed by atoms with van der Waals surface area (Å²) >= 11 is 0. The van der Waals surface area contributed by atoms with Crippen LogP contribution in [0.2, 0.25) is 0 Å². The lowest BCUT2D eigenvalue weighted by Gasteiger charge is -2.12. The van der Waals surface area contributed by atoms with Gasteiger partial charge in [0.2, 0.25) is 5.78 Å². The van der Waals surface area contributed by atoms with Crippen molar-refractivity contribution in [3.05, 3.63) is 65.5 Å². The first-order valence-electron chi connectivity index (χ1n) is 5.96. The quantitative estimate of drug-likeness (QED) is 0.627. The van der Waals surface area contributed by atoms with Crippen LogP contribution in [-0.4, -0.2) is 12.4 Å². The van der Waals surface area contributed by atoms with Crippen molar-refractivity contribution in [2.24, 2.45) is 0 Å². The predicted octanol–water partition coefficient (Wildman–Crippen LogP) is 4.11. The fourth-order valence-corrected chi connectivity index (χ4v) is 1.74. The maximum Gasteiger partial charge on any atom is 0.417 e. The molecule has 0 aliphatic carbocycles. The van der Waals surface area contributed by atoms with Gasteiger partial charge < -0.3 is 4.74 Å². The average molecular weight is 298 g/mol. The van der Waals surface area contributed by atoms with Crippen LogP contribution in [0.5, 0.6) is 5.75 Å². The van der Waals surface area contributed by atoms with Gasteiger partial charge in [-0.25, -0.2) is 4.39 Å². The third kappa shape index (κ3) is 3.81. The van der Waals surface area contributed by atoms with Crippen LogP contribution >= 0.6 is 0 Å². The van der Waals surface area contributed by atoms with E-state index in [-0.39, 0.29) is 0 Å². The van der Waals surface area contributed by atoms with Crippen LogP contribution in [0.15, 0.2) is 48.5 Å². The van der Waals surface area contributed by atoms with Gasteiger partial charge in [0.1, 0.15) is 11.6 Å². The zero-order valence-electron chi connectivity index (χ0n) is 10.7. The van der Waals surface area contributed by atoms with Crippen LogP contribution in [0, 0.1) is 5.82 Å². The van der Waals surface area contributed by atoms with Gasteiger partial charge in [-0.2, -0.15) is 13.2 Å². The van der Waals surface area contributed by atoms with E-state index in [0.717, 1.165) is 12.1 Å². The monoisotopic (exact) mass is 298 g/mol. The van der Waals surface area contributed by atoms with Gasteiger partial charge >= 0.3 is 6.18 Å². The molecule has 6 heteroatoms. The van der Waals surface area contributed by atoms with E-state index in [2.05, 4.69) is 0 Å². The lowest BCUT2D eigenvalue weighted by Crippen LogP contribution is -2.18. The summed E-state index contributed by atoms with van der Waals surface area (Å²) in [5, 5.41) is 0. The van der Waals surface area contributed by atoms with Crippen molar-refractivity contribution in [2.45, 2.75) is 6.18 Å². The zero-order valence-corrected chi connectivity index (χ0v) is 10.7. The lowest BCUT2D eigenvalue weighted by molar-refractivity contribution is -0.138. The van der Waals surface area contributed by atoms with Crippen molar-refractivity contribution in [3.63, 3.8) is 0 Å².